The number of hydrogen-bond acceptors (Lipinski definition) is 6. The Morgan fingerprint density at radius 1 is 1.05 bits per heavy atom. The minimum absolute atomic E-state index is 0.130. The number of benzene rings is 2. The van der Waals surface area contributed by atoms with Gasteiger partial charge in [0, 0.05) is 11.1 Å². The molecule has 37 heavy (non-hydrogen) atoms. The molecule has 4 rings (SSSR count). The van der Waals surface area contributed by atoms with E-state index in [9.17, 15) is 18.5 Å². The quantitative estimate of drug-likeness (QED) is 0.363. The van der Waals surface area contributed by atoms with Crippen molar-refractivity contribution in [1.29, 1.82) is 5.26 Å². The van der Waals surface area contributed by atoms with Gasteiger partial charge in [0.15, 0.2) is 9.84 Å². The van der Waals surface area contributed by atoms with Crippen molar-refractivity contribution in [3.05, 3.63) is 76.0 Å². The molecule has 0 unspecified atom stereocenters. The van der Waals surface area contributed by atoms with E-state index in [1.165, 1.54) is 6.26 Å². The van der Waals surface area contributed by atoms with Crippen molar-refractivity contribution in [2.24, 2.45) is 5.92 Å². The van der Waals surface area contributed by atoms with Crippen LogP contribution in [-0.2, 0) is 14.6 Å². The van der Waals surface area contributed by atoms with E-state index in [-0.39, 0.29) is 11.9 Å². The van der Waals surface area contributed by atoms with Gasteiger partial charge in [0.25, 0.3) is 0 Å². The summed E-state index contributed by atoms with van der Waals surface area (Å²) in [4.78, 5) is 14.7. The third kappa shape index (κ3) is 6.48. The van der Waals surface area contributed by atoms with Crippen molar-refractivity contribution < 1.29 is 13.2 Å². The lowest BCUT2D eigenvalue weighted by Crippen LogP contribution is -2.50. The van der Waals surface area contributed by atoms with Gasteiger partial charge in [0.05, 0.1) is 23.0 Å². The van der Waals surface area contributed by atoms with Crippen LogP contribution in [0.15, 0.2) is 64.9 Å². The third-order valence-electron chi connectivity index (χ3n) is 6.74. The van der Waals surface area contributed by atoms with E-state index in [4.69, 9.17) is 0 Å². The first-order valence-corrected chi connectivity index (χ1v) is 15.2. The molecule has 0 bridgehead atoms. The van der Waals surface area contributed by atoms with E-state index in [0.29, 0.717) is 30.1 Å². The molecule has 8 heteroatoms. The Labute approximate surface area is 223 Å². The number of rotatable bonds is 10. The monoisotopic (exact) mass is 535 g/mol. The highest BCUT2D eigenvalue weighted by Crippen LogP contribution is 2.35. The third-order valence-corrected chi connectivity index (χ3v) is 8.95. The SMILES string of the molecule is Cc1ccsc1[C@@H](N[C@@H](CC(C)C)C(=O)NC1(C#N)CC1)c1ccc(-c2ccc(S(C)(=O)=O)cc2)cc1. The number of aryl methyl sites for hydroxylation is 1. The smallest absolute Gasteiger partial charge is 0.238 e. The topological polar surface area (TPSA) is 99.1 Å². The summed E-state index contributed by atoms with van der Waals surface area (Å²) in [6, 6.07) is 18.7. The fraction of sp³-hybridized carbons (Fsp3) is 0.379. The molecule has 1 amide bonds. The maximum Gasteiger partial charge on any atom is 0.238 e. The zero-order chi connectivity index (χ0) is 26.8. The molecule has 3 aromatic rings. The molecule has 0 saturated heterocycles. The highest BCUT2D eigenvalue weighted by molar-refractivity contribution is 7.90. The lowest BCUT2D eigenvalue weighted by atomic mass is 9.96. The fourth-order valence-electron chi connectivity index (χ4n) is 4.40. The Morgan fingerprint density at radius 2 is 1.65 bits per heavy atom. The summed E-state index contributed by atoms with van der Waals surface area (Å²) in [5.74, 6) is 0.164. The molecule has 194 valence electrons. The van der Waals surface area contributed by atoms with Gasteiger partial charge in [-0.2, -0.15) is 5.26 Å². The van der Waals surface area contributed by atoms with Gasteiger partial charge in [-0.3, -0.25) is 10.1 Å². The van der Waals surface area contributed by atoms with Gasteiger partial charge in [-0.1, -0.05) is 50.2 Å². The second-order valence-electron chi connectivity index (χ2n) is 10.4. The first kappa shape index (κ1) is 27.1. The second-order valence-corrected chi connectivity index (χ2v) is 13.3. The van der Waals surface area contributed by atoms with E-state index in [1.807, 2.05) is 24.3 Å². The first-order chi connectivity index (χ1) is 17.5. The molecule has 1 heterocycles. The van der Waals surface area contributed by atoms with Gasteiger partial charge < -0.3 is 5.32 Å². The van der Waals surface area contributed by atoms with E-state index >= 15 is 0 Å². The summed E-state index contributed by atoms with van der Waals surface area (Å²) < 4.78 is 23.6. The Bertz CT molecular complexity index is 1400. The van der Waals surface area contributed by atoms with E-state index in [2.05, 4.69) is 61.1 Å². The lowest BCUT2D eigenvalue weighted by Gasteiger charge is -2.28. The van der Waals surface area contributed by atoms with Crippen molar-refractivity contribution in [1.82, 2.24) is 10.6 Å². The number of nitriles is 1. The molecule has 1 aliphatic rings. The van der Waals surface area contributed by atoms with E-state index in [1.54, 1.807) is 23.5 Å². The van der Waals surface area contributed by atoms with Crippen LogP contribution in [0.5, 0.6) is 0 Å². The van der Waals surface area contributed by atoms with Gasteiger partial charge in [-0.15, -0.1) is 11.3 Å². The molecular formula is C29H33N3O3S2. The van der Waals surface area contributed by atoms with Crippen molar-refractivity contribution in [3.8, 4) is 17.2 Å². The molecule has 0 radical (unpaired) electrons. The summed E-state index contributed by atoms with van der Waals surface area (Å²) >= 11 is 1.66. The molecular weight excluding hydrogens is 502 g/mol. The van der Waals surface area contributed by atoms with Gasteiger partial charge in [0.1, 0.15) is 5.54 Å². The van der Waals surface area contributed by atoms with Crippen LogP contribution in [0.2, 0.25) is 0 Å². The van der Waals surface area contributed by atoms with Gasteiger partial charge >= 0.3 is 0 Å². The van der Waals surface area contributed by atoms with Crippen LogP contribution in [0.4, 0.5) is 0 Å². The Morgan fingerprint density at radius 3 is 2.11 bits per heavy atom. The van der Waals surface area contributed by atoms with Crippen LogP contribution in [0.1, 0.15) is 55.2 Å². The minimum atomic E-state index is -3.24. The van der Waals surface area contributed by atoms with Gasteiger partial charge in [-0.25, -0.2) is 8.42 Å². The average molecular weight is 536 g/mol. The van der Waals surface area contributed by atoms with Crippen LogP contribution in [0.3, 0.4) is 0 Å². The number of hydrogen-bond donors (Lipinski definition) is 2. The molecule has 2 atom stereocenters. The highest BCUT2D eigenvalue weighted by Gasteiger charge is 2.45. The number of nitrogens with zero attached hydrogens (tertiary/aromatic N) is 1. The molecule has 0 aliphatic heterocycles. The fourth-order valence-corrected chi connectivity index (χ4v) is 6.05. The van der Waals surface area contributed by atoms with Crippen LogP contribution >= 0.6 is 11.3 Å². The van der Waals surface area contributed by atoms with E-state index in [0.717, 1.165) is 27.1 Å². The standard InChI is InChI=1S/C29H33N3O3S2/c1-19(2)17-25(28(33)32-29(18-30)14-15-29)31-26(27-20(3)13-16-36-27)23-7-5-21(6-8-23)22-9-11-24(12-10-22)37(4,34)35/h5-13,16,19,25-26,31H,14-15,17H2,1-4H3,(H,32,33)/t25-,26-/m0/s1. The van der Waals surface area contributed by atoms with E-state index < -0.39 is 21.4 Å². The number of carbonyl (C=O) groups excluding carboxylic acids is 1. The van der Waals surface area contributed by atoms with Gasteiger partial charge in [0.2, 0.25) is 5.91 Å². The summed E-state index contributed by atoms with van der Waals surface area (Å²) in [6.45, 7) is 6.26. The van der Waals surface area contributed by atoms with Crippen LogP contribution in [0.25, 0.3) is 11.1 Å². The van der Waals surface area contributed by atoms with Crippen LogP contribution < -0.4 is 10.6 Å². The molecule has 1 aliphatic carbocycles. The zero-order valence-corrected chi connectivity index (χ0v) is 23.2. The maximum absolute atomic E-state index is 13.3. The van der Waals surface area contributed by atoms with Crippen LogP contribution in [-0.4, -0.2) is 32.2 Å². The molecule has 0 spiro atoms. The Kier molecular flexibility index (Phi) is 7.88. The lowest BCUT2D eigenvalue weighted by molar-refractivity contribution is -0.124. The highest BCUT2D eigenvalue weighted by atomic mass is 32.2. The molecule has 1 saturated carbocycles. The normalized spacial score (nSPS) is 16.1. The van der Waals surface area contributed by atoms with Gasteiger partial charge in [-0.05, 0) is 77.9 Å². The number of amides is 1. The Balaban J connectivity index is 1.62. The largest absolute Gasteiger partial charge is 0.336 e. The summed E-state index contributed by atoms with van der Waals surface area (Å²) in [7, 11) is -3.24. The number of sulfone groups is 1. The number of nitrogens with one attached hydrogen (secondary N) is 2. The van der Waals surface area contributed by atoms with Crippen molar-refractivity contribution in [2.45, 2.75) is 62.6 Å². The maximum atomic E-state index is 13.3. The number of carbonyl (C=O) groups is 1. The van der Waals surface area contributed by atoms with Crippen molar-refractivity contribution in [3.63, 3.8) is 0 Å². The molecule has 2 aromatic carbocycles. The predicted octanol–water partition coefficient (Wildman–Crippen LogP) is 5.39. The Hall–Kier alpha value is -2.99. The molecule has 2 N–H and O–H groups in total. The first-order valence-electron chi connectivity index (χ1n) is 12.4. The second kappa shape index (κ2) is 10.8. The average Bonchev–Trinajstić information content (AvgIpc) is 3.51. The van der Waals surface area contributed by atoms with Crippen molar-refractivity contribution in [2.75, 3.05) is 6.26 Å². The molecule has 6 nitrogen and oxygen atoms in total. The summed E-state index contributed by atoms with van der Waals surface area (Å²) in [5.41, 5.74) is 3.38. The van der Waals surface area contributed by atoms with Crippen molar-refractivity contribution >= 4 is 27.1 Å². The summed E-state index contributed by atoms with van der Waals surface area (Å²) in [6.07, 6.45) is 3.25. The summed E-state index contributed by atoms with van der Waals surface area (Å²) in [5, 5.41) is 18.1. The van der Waals surface area contributed by atoms with Crippen LogP contribution in [0, 0.1) is 24.2 Å². The molecule has 1 fully saturated rings. The number of thiophene rings is 1. The predicted molar refractivity (Wildman–Crippen MR) is 148 cm³/mol. The minimum Gasteiger partial charge on any atom is -0.336 e. The molecule has 1 aromatic heterocycles. The zero-order valence-electron chi connectivity index (χ0n) is 21.6.